The first-order valence-electron chi connectivity index (χ1n) is 9.02. The average Bonchev–Trinajstić information content (AvgIpc) is 2.69. The van der Waals surface area contributed by atoms with E-state index in [0.717, 1.165) is 60.6 Å². The number of rotatable bonds is 4. The normalized spacial score (nSPS) is 15.3. The summed E-state index contributed by atoms with van der Waals surface area (Å²) in [5, 5.41) is 11.6. The van der Waals surface area contributed by atoms with Crippen LogP contribution in [0.3, 0.4) is 0 Å². The molecule has 1 N–H and O–H groups in total. The van der Waals surface area contributed by atoms with Crippen LogP contribution >= 0.6 is 11.6 Å². The number of nitrogens with zero attached hydrogens (tertiary/aromatic N) is 3. The van der Waals surface area contributed by atoms with E-state index in [9.17, 15) is 5.11 Å². The van der Waals surface area contributed by atoms with Gasteiger partial charge in [-0.25, -0.2) is 4.98 Å². The van der Waals surface area contributed by atoms with Crippen LogP contribution in [0.5, 0.6) is 11.5 Å². The number of fused-ring (bicyclic) bond motifs is 1. The van der Waals surface area contributed by atoms with E-state index in [2.05, 4.69) is 20.9 Å². The van der Waals surface area contributed by atoms with Crippen LogP contribution in [0.25, 0.3) is 10.9 Å². The zero-order valence-electron chi connectivity index (χ0n) is 15.2. The summed E-state index contributed by atoms with van der Waals surface area (Å²) < 4.78 is 5.26. The van der Waals surface area contributed by atoms with Crippen LogP contribution in [-0.4, -0.2) is 48.3 Å². The van der Waals surface area contributed by atoms with Gasteiger partial charge in [0.25, 0.3) is 0 Å². The number of phenols is 1. The quantitative estimate of drug-likeness (QED) is 0.692. The number of phenolic OH excluding ortho intramolecular Hbond substituents is 1. The highest BCUT2D eigenvalue weighted by Crippen LogP contribution is 2.28. The predicted octanol–water partition coefficient (Wildman–Crippen LogP) is 3.92. The van der Waals surface area contributed by atoms with Gasteiger partial charge < -0.3 is 14.7 Å². The van der Waals surface area contributed by atoms with Crippen LogP contribution in [0.1, 0.15) is 5.56 Å². The van der Waals surface area contributed by atoms with Crippen molar-refractivity contribution in [1.29, 1.82) is 0 Å². The number of ether oxygens (including phenoxy) is 1. The third-order valence-corrected chi connectivity index (χ3v) is 5.37. The standard InChI is InChI=1S/C21H22ClN3O2/c1-27-17-7-6-15-12-16(21(22)23-18(15)13-17)14-24-8-10-25(11-9-24)19-4-2-3-5-20(19)26/h2-7,12-13,26H,8-11,14H2,1H3. The van der Waals surface area contributed by atoms with Gasteiger partial charge in [0, 0.05) is 49.7 Å². The second-order valence-electron chi connectivity index (χ2n) is 6.75. The Balaban J connectivity index is 1.46. The predicted molar refractivity (Wildman–Crippen MR) is 109 cm³/mol. The molecule has 1 fully saturated rings. The Morgan fingerprint density at radius 1 is 1.07 bits per heavy atom. The number of halogens is 1. The fourth-order valence-corrected chi connectivity index (χ4v) is 3.73. The second-order valence-corrected chi connectivity index (χ2v) is 7.11. The topological polar surface area (TPSA) is 48.8 Å². The van der Waals surface area contributed by atoms with E-state index < -0.39 is 0 Å². The molecule has 1 aliphatic heterocycles. The molecular weight excluding hydrogens is 362 g/mol. The fourth-order valence-electron chi connectivity index (χ4n) is 3.52. The minimum atomic E-state index is 0.336. The highest BCUT2D eigenvalue weighted by atomic mass is 35.5. The number of pyridine rings is 1. The van der Waals surface area contributed by atoms with Gasteiger partial charge in [-0.3, -0.25) is 4.90 Å². The molecule has 2 heterocycles. The molecule has 140 valence electrons. The SMILES string of the molecule is COc1ccc2cc(CN3CCN(c4ccccc4O)CC3)c(Cl)nc2c1. The first kappa shape index (κ1) is 17.9. The van der Waals surface area contributed by atoms with E-state index in [-0.39, 0.29) is 0 Å². The van der Waals surface area contributed by atoms with E-state index in [4.69, 9.17) is 16.3 Å². The summed E-state index contributed by atoms with van der Waals surface area (Å²) in [6.07, 6.45) is 0. The number of anilines is 1. The molecule has 0 bridgehead atoms. The number of hydrogen-bond acceptors (Lipinski definition) is 5. The van der Waals surface area contributed by atoms with Gasteiger partial charge in [-0.1, -0.05) is 23.7 Å². The maximum atomic E-state index is 10.0. The molecular formula is C21H22ClN3O2. The third kappa shape index (κ3) is 3.80. The Bertz CT molecular complexity index is 955. The van der Waals surface area contributed by atoms with Crippen molar-refractivity contribution in [1.82, 2.24) is 9.88 Å². The van der Waals surface area contributed by atoms with E-state index in [1.54, 1.807) is 13.2 Å². The summed E-state index contributed by atoms with van der Waals surface area (Å²) in [4.78, 5) is 9.13. The van der Waals surface area contributed by atoms with Gasteiger partial charge in [-0.2, -0.15) is 0 Å². The summed E-state index contributed by atoms with van der Waals surface area (Å²) in [6.45, 7) is 4.32. The summed E-state index contributed by atoms with van der Waals surface area (Å²) >= 11 is 6.44. The molecule has 0 unspecified atom stereocenters. The van der Waals surface area contributed by atoms with Crippen molar-refractivity contribution in [2.45, 2.75) is 6.54 Å². The van der Waals surface area contributed by atoms with Crippen molar-refractivity contribution in [2.24, 2.45) is 0 Å². The van der Waals surface area contributed by atoms with Crippen molar-refractivity contribution < 1.29 is 9.84 Å². The number of para-hydroxylation sites is 2. The lowest BCUT2D eigenvalue weighted by molar-refractivity contribution is 0.249. The molecule has 0 aliphatic carbocycles. The minimum absolute atomic E-state index is 0.336. The molecule has 1 aromatic heterocycles. The minimum Gasteiger partial charge on any atom is -0.506 e. The van der Waals surface area contributed by atoms with E-state index in [1.807, 2.05) is 36.4 Å². The molecule has 6 heteroatoms. The molecule has 0 saturated carbocycles. The van der Waals surface area contributed by atoms with Gasteiger partial charge in [0.2, 0.25) is 0 Å². The number of hydrogen-bond donors (Lipinski definition) is 1. The van der Waals surface area contributed by atoms with Crippen molar-refractivity contribution in [3.63, 3.8) is 0 Å². The Morgan fingerprint density at radius 2 is 1.85 bits per heavy atom. The summed E-state index contributed by atoms with van der Waals surface area (Å²) in [5.41, 5.74) is 2.77. The molecule has 4 rings (SSSR count). The van der Waals surface area contributed by atoms with Crippen LogP contribution in [0.2, 0.25) is 5.15 Å². The zero-order chi connectivity index (χ0) is 18.8. The van der Waals surface area contributed by atoms with Gasteiger partial charge in [0.15, 0.2) is 0 Å². The average molecular weight is 384 g/mol. The lowest BCUT2D eigenvalue weighted by Crippen LogP contribution is -2.46. The fraction of sp³-hybridized carbons (Fsp3) is 0.286. The van der Waals surface area contributed by atoms with Crippen LogP contribution in [0.15, 0.2) is 48.5 Å². The maximum absolute atomic E-state index is 10.0. The van der Waals surface area contributed by atoms with E-state index >= 15 is 0 Å². The van der Waals surface area contributed by atoms with Crippen LogP contribution in [0.4, 0.5) is 5.69 Å². The number of piperazine rings is 1. The maximum Gasteiger partial charge on any atom is 0.138 e. The van der Waals surface area contributed by atoms with Crippen LogP contribution < -0.4 is 9.64 Å². The Hall–Kier alpha value is -2.50. The molecule has 0 spiro atoms. The largest absolute Gasteiger partial charge is 0.506 e. The molecule has 0 amide bonds. The number of aromatic hydroxyl groups is 1. The van der Waals surface area contributed by atoms with Crippen molar-refractivity contribution in [3.8, 4) is 11.5 Å². The number of methoxy groups -OCH3 is 1. The smallest absolute Gasteiger partial charge is 0.138 e. The van der Waals surface area contributed by atoms with E-state index in [0.29, 0.717) is 10.9 Å². The van der Waals surface area contributed by atoms with Gasteiger partial charge in [-0.05, 0) is 30.3 Å². The van der Waals surface area contributed by atoms with Gasteiger partial charge in [0.05, 0.1) is 18.3 Å². The van der Waals surface area contributed by atoms with Gasteiger partial charge in [0.1, 0.15) is 16.7 Å². The van der Waals surface area contributed by atoms with Gasteiger partial charge in [-0.15, -0.1) is 0 Å². The molecule has 0 atom stereocenters. The first-order valence-corrected chi connectivity index (χ1v) is 9.40. The monoisotopic (exact) mass is 383 g/mol. The molecule has 5 nitrogen and oxygen atoms in total. The molecule has 2 aromatic carbocycles. The van der Waals surface area contributed by atoms with Crippen molar-refractivity contribution in [2.75, 3.05) is 38.2 Å². The Kier molecular flexibility index (Phi) is 5.05. The summed E-state index contributed by atoms with van der Waals surface area (Å²) in [5.74, 6) is 1.11. The second kappa shape index (κ2) is 7.62. The summed E-state index contributed by atoms with van der Waals surface area (Å²) in [6, 6.07) is 15.5. The third-order valence-electron chi connectivity index (χ3n) is 5.04. The zero-order valence-corrected chi connectivity index (χ0v) is 16.0. The molecule has 1 aliphatic rings. The van der Waals surface area contributed by atoms with E-state index in [1.165, 1.54) is 0 Å². The van der Waals surface area contributed by atoms with Crippen molar-refractivity contribution in [3.05, 3.63) is 59.2 Å². The molecule has 1 saturated heterocycles. The Morgan fingerprint density at radius 3 is 2.59 bits per heavy atom. The highest BCUT2D eigenvalue weighted by Gasteiger charge is 2.20. The first-order chi connectivity index (χ1) is 13.1. The number of aromatic nitrogens is 1. The highest BCUT2D eigenvalue weighted by molar-refractivity contribution is 6.30. The summed E-state index contributed by atoms with van der Waals surface area (Å²) in [7, 11) is 1.64. The van der Waals surface area contributed by atoms with Crippen LogP contribution in [-0.2, 0) is 6.54 Å². The Labute approximate surface area is 163 Å². The number of benzene rings is 2. The lowest BCUT2D eigenvalue weighted by Gasteiger charge is -2.36. The molecule has 27 heavy (non-hydrogen) atoms. The van der Waals surface area contributed by atoms with Gasteiger partial charge >= 0.3 is 0 Å². The van der Waals surface area contributed by atoms with Crippen LogP contribution in [0, 0.1) is 0 Å². The lowest BCUT2D eigenvalue weighted by atomic mass is 10.1. The van der Waals surface area contributed by atoms with Crippen molar-refractivity contribution >= 4 is 28.2 Å². The molecule has 0 radical (unpaired) electrons. The molecule has 3 aromatic rings.